The maximum Gasteiger partial charge on any atom is 0.278 e. The van der Waals surface area contributed by atoms with E-state index in [1.807, 2.05) is 30.3 Å². The highest BCUT2D eigenvalue weighted by Gasteiger charge is 2.31. The summed E-state index contributed by atoms with van der Waals surface area (Å²) in [5.41, 5.74) is 1.56. The lowest BCUT2D eigenvalue weighted by molar-refractivity contribution is -0.115. The summed E-state index contributed by atoms with van der Waals surface area (Å²) in [6, 6.07) is 11.2. The Labute approximate surface area is 124 Å². The normalized spacial score (nSPS) is 11.1. The van der Waals surface area contributed by atoms with Crippen molar-refractivity contribution in [1.29, 1.82) is 0 Å². The third-order valence-electron chi connectivity index (χ3n) is 2.21. The Morgan fingerprint density at radius 3 is 2.42 bits per heavy atom. The van der Waals surface area contributed by atoms with E-state index in [2.05, 4.69) is 15.3 Å². The molecule has 19 heavy (non-hydrogen) atoms. The minimum Gasteiger partial charge on any atom is -0.291 e. The molecule has 0 saturated carbocycles. The predicted octanol–water partition coefficient (Wildman–Crippen LogP) is 3.45. The molecule has 1 heterocycles. The monoisotopic (exact) mass is 315 g/mol. The zero-order valence-corrected chi connectivity index (χ0v) is 11.7. The van der Waals surface area contributed by atoms with Gasteiger partial charge in [0.15, 0.2) is 0 Å². The molecule has 1 N–H and O–H groups in total. The van der Waals surface area contributed by atoms with Gasteiger partial charge in [-0.05, 0) is 6.07 Å². The Bertz CT molecular complexity index is 584. The molecule has 0 aliphatic heterocycles. The quantitative estimate of drug-likeness (QED) is 0.863. The molecule has 4 nitrogen and oxygen atoms in total. The Morgan fingerprint density at radius 1 is 1.11 bits per heavy atom. The van der Waals surface area contributed by atoms with Crippen LogP contribution in [0, 0.1) is 0 Å². The number of hydrogen-bond acceptors (Lipinski definition) is 3. The molecule has 0 fully saturated rings. The SMILES string of the molecule is O=C(Nc1nccc(-c2ccccc2)n1)C(Cl)(Cl)Cl. The summed E-state index contributed by atoms with van der Waals surface area (Å²) < 4.78 is -2.05. The first-order chi connectivity index (χ1) is 8.97. The molecule has 0 radical (unpaired) electrons. The molecule has 2 aromatic rings. The van der Waals surface area contributed by atoms with Crippen LogP contribution in [0.5, 0.6) is 0 Å². The van der Waals surface area contributed by atoms with Crippen LogP contribution in [0.1, 0.15) is 0 Å². The van der Waals surface area contributed by atoms with Gasteiger partial charge in [0, 0.05) is 11.8 Å². The van der Waals surface area contributed by atoms with Crippen LogP contribution >= 0.6 is 34.8 Å². The highest BCUT2D eigenvalue weighted by atomic mass is 35.6. The average molecular weight is 317 g/mol. The number of nitrogens with zero attached hydrogens (tertiary/aromatic N) is 2. The lowest BCUT2D eigenvalue weighted by atomic mass is 10.1. The summed E-state index contributed by atoms with van der Waals surface area (Å²) in [7, 11) is 0. The van der Waals surface area contributed by atoms with E-state index in [0.29, 0.717) is 5.69 Å². The predicted molar refractivity (Wildman–Crippen MR) is 76.4 cm³/mol. The van der Waals surface area contributed by atoms with Gasteiger partial charge in [0.05, 0.1) is 5.69 Å². The lowest BCUT2D eigenvalue weighted by Crippen LogP contribution is -2.27. The van der Waals surface area contributed by atoms with Gasteiger partial charge in [0.1, 0.15) is 0 Å². The number of aromatic nitrogens is 2. The lowest BCUT2D eigenvalue weighted by Gasteiger charge is -2.10. The number of carbonyl (C=O) groups excluding carboxylic acids is 1. The molecule has 0 bridgehead atoms. The Hall–Kier alpha value is -1.36. The van der Waals surface area contributed by atoms with Gasteiger partial charge in [0.25, 0.3) is 9.70 Å². The van der Waals surface area contributed by atoms with Crippen molar-refractivity contribution in [2.45, 2.75) is 3.79 Å². The number of amides is 1. The van der Waals surface area contributed by atoms with E-state index >= 15 is 0 Å². The Morgan fingerprint density at radius 2 is 1.79 bits per heavy atom. The summed E-state index contributed by atoms with van der Waals surface area (Å²) in [4.78, 5) is 19.6. The molecular formula is C12H8Cl3N3O. The third kappa shape index (κ3) is 3.80. The number of hydrogen-bond donors (Lipinski definition) is 1. The van der Waals surface area contributed by atoms with Crippen LogP contribution in [0.15, 0.2) is 42.6 Å². The fourth-order valence-corrected chi connectivity index (χ4v) is 1.50. The molecule has 1 amide bonds. The average Bonchev–Trinajstić information content (AvgIpc) is 2.39. The third-order valence-corrected chi connectivity index (χ3v) is 2.72. The largest absolute Gasteiger partial charge is 0.291 e. The number of carbonyl (C=O) groups is 1. The maximum atomic E-state index is 11.5. The first kappa shape index (κ1) is 14.1. The number of alkyl halides is 3. The molecule has 7 heteroatoms. The van der Waals surface area contributed by atoms with E-state index in [-0.39, 0.29) is 5.95 Å². The second-order valence-electron chi connectivity index (χ2n) is 3.58. The molecule has 98 valence electrons. The topological polar surface area (TPSA) is 54.9 Å². The highest BCUT2D eigenvalue weighted by molar-refractivity contribution is 6.76. The first-order valence-electron chi connectivity index (χ1n) is 5.23. The van der Waals surface area contributed by atoms with E-state index in [1.165, 1.54) is 6.20 Å². The van der Waals surface area contributed by atoms with E-state index in [0.717, 1.165) is 5.56 Å². The zero-order valence-electron chi connectivity index (χ0n) is 9.48. The molecule has 0 unspecified atom stereocenters. The number of rotatable bonds is 2. The number of halogens is 3. The van der Waals surface area contributed by atoms with Gasteiger partial charge in [0.2, 0.25) is 5.95 Å². The van der Waals surface area contributed by atoms with Crippen molar-refractivity contribution in [1.82, 2.24) is 9.97 Å². The second-order valence-corrected chi connectivity index (χ2v) is 5.86. The molecule has 0 aliphatic rings. The molecule has 0 saturated heterocycles. The minimum atomic E-state index is -2.05. The molecule has 2 rings (SSSR count). The molecular weight excluding hydrogens is 309 g/mol. The van der Waals surface area contributed by atoms with Gasteiger partial charge in [-0.25, -0.2) is 9.97 Å². The van der Waals surface area contributed by atoms with Gasteiger partial charge >= 0.3 is 0 Å². The smallest absolute Gasteiger partial charge is 0.278 e. The summed E-state index contributed by atoms with van der Waals surface area (Å²) in [5.74, 6) is -0.722. The molecule has 0 atom stereocenters. The zero-order chi connectivity index (χ0) is 13.9. The maximum absolute atomic E-state index is 11.5. The van der Waals surface area contributed by atoms with E-state index < -0.39 is 9.70 Å². The molecule has 0 aliphatic carbocycles. The van der Waals surface area contributed by atoms with Gasteiger partial charge in [-0.3, -0.25) is 10.1 Å². The van der Waals surface area contributed by atoms with Crippen LogP contribution in [0.4, 0.5) is 5.95 Å². The van der Waals surface area contributed by atoms with Crippen molar-refractivity contribution >= 4 is 46.7 Å². The van der Waals surface area contributed by atoms with Gasteiger partial charge in [-0.15, -0.1) is 0 Å². The number of nitrogens with one attached hydrogen (secondary N) is 1. The van der Waals surface area contributed by atoms with Gasteiger partial charge in [-0.2, -0.15) is 0 Å². The van der Waals surface area contributed by atoms with Crippen molar-refractivity contribution in [2.24, 2.45) is 0 Å². The number of benzene rings is 1. The second kappa shape index (κ2) is 5.74. The van der Waals surface area contributed by atoms with Crippen molar-refractivity contribution in [3.8, 4) is 11.3 Å². The van der Waals surface area contributed by atoms with E-state index in [9.17, 15) is 4.79 Å². The van der Waals surface area contributed by atoms with Crippen LogP contribution in [0.2, 0.25) is 0 Å². The van der Waals surface area contributed by atoms with E-state index in [4.69, 9.17) is 34.8 Å². The van der Waals surface area contributed by atoms with Gasteiger partial charge < -0.3 is 0 Å². The standard InChI is InChI=1S/C12H8Cl3N3O/c13-12(14,15)10(19)18-11-16-7-6-9(17-11)8-4-2-1-3-5-8/h1-7H,(H,16,17,18,19). The highest BCUT2D eigenvalue weighted by Crippen LogP contribution is 2.27. The van der Waals surface area contributed by atoms with Crippen molar-refractivity contribution in [3.63, 3.8) is 0 Å². The Balaban J connectivity index is 2.24. The summed E-state index contributed by atoms with van der Waals surface area (Å²) in [6.45, 7) is 0. The summed E-state index contributed by atoms with van der Waals surface area (Å²) in [5, 5.41) is 2.34. The van der Waals surface area contributed by atoms with Crippen molar-refractivity contribution < 1.29 is 4.79 Å². The fourth-order valence-electron chi connectivity index (χ4n) is 1.36. The van der Waals surface area contributed by atoms with Gasteiger partial charge in [-0.1, -0.05) is 65.1 Å². The van der Waals surface area contributed by atoms with Crippen LogP contribution in [0.3, 0.4) is 0 Å². The van der Waals surface area contributed by atoms with Crippen LogP contribution in [0.25, 0.3) is 11.3 Å². The summed E-state index contributed by atoms with van der Waals surface area (Å²) in [6.07, 6.45) is 1.52. The number of anilines is 1. The van der Waals surface area contributed by atoms with Crippen molar-refractivity contribution in [3.05, 3.63) is 42.6 Å². The first-order valence-corrected chi connectivity index (χ1v) is 6.37. The minimum absolute atomic E-state index is 0.0812. The summed E-state index contributed by atoms with van der Waals surface area (Å²) >= 11 is 16.4. The van der Waals surface area contributed by atoms with Crippen LogP contribution < -0.4 is 5.32 Å². The van der Waals surface area contributed by atoms with Crippen LogP contribution in [-0.4, -0.2) is 19.7 Å². The molecule has 0 spiro atoms. The van der Waals surface area contributed by atoms with Crippen molar-refractivity contribution in [2.75, 3.05) is 5.32 Å². The fraction of sp³-hybridized carbons (Fsp3) is 0.0833. The molecule has 1 aromatic carbocycles. The van der Waals surface area contributed by atoms with E-state index in [1.54, 1.807) is 6.07 Å². The Kier molecular flexibility index (Phi) is 4.24. The molecule has 1 aromatic heterocycles. The van der Waals surface area contributed by atoms with Crippen LogP contribution in [-0.2, 0) is 4.79 Å².